The van der Waals surface area contributed by atoms with Crippen molar-refractivity contribution in [1.29, 1.82) is 5.26 Å². The summed E-state index contributed by atoms with van der Waals surface area (Å²) in [7, 11) is 0. The quantitative estimate of drug-likeness (QED) is 0.201. The Balaban J connectivity index is 1.28. The predicted molar refractivity (Wildman–Crippen MR) is 193 cm³/mol. The average molecular weight is 604 g/mol. The fraction of sp³-hybridized carbons (Fsp3) is 0. The van der Waals surface area contributed by atoms with E-state index in [1.54, 1.807) is 0 Å². The van der Waals surface area contributed by atoms with Crippen LogP contribution in [-0.4, -0.2) is 0 Å². The van der Waals surface area contributed by atoms with Gasteiger partial charge in [-0.05, 0) is 105 Å². The smallest absolute Gasteiger partial charge is 0.135 e. The summed E-state index contributed by atoms with van der Waals surface area (Å²) in [6.45, 7) is 0. The summed E-state index contributed by atoms with van der Waals surface area (Å²) in [4.78, 5) is 0. The van der Waals surface area contributed by atoms with Crippen LogP contribution in [0.4, 0.5) is 0 Å². The second-order valence-corrected chi connectivity index (χ2v) is 12.7. The minimum Gasteiger partial charge on any atom is -0.456 e. The SMILES string of the molecule is N#Cc1cc(-c2ccccc2)cc(-c2ccc(-c3ccc4oc5ccccc5c4c3)c(-c3ccc4sc5ccccc5c4c3)c2)c1. The lowest BCUT2D eigenvalue weighted by molar-refractivity contribution is 0.669. The molecule has 46 heavy (non-hydrogen) atoms. The molecule has 0 unspecified atom stereocenters. The molecule has 0 amide bonds. The second kappa shape index (κ2) is 10.6. The monoisotopic (exact) mass is 603 g/mol. The molecule has 0 saturated heterocycles. The summed E-state index contributed by atoms with van der Waals surface area (Å²) in [5, 5.41) is 14.7. The number of furan rings is 1. The average Bonchev–Trinajstić information content (AvgIpc) is 3.69. The lowest BCUT2D eigenvalue weighted by atomic mass is 9.89. The highest BCUT2D eigenvalue weighted by Gasteiger charge is 2.16. The van der Waals surface area contributed by atoms with Gasteiger partial charge in [0.2, 0.25) is 0 Å². The highest BCUT2D eigenvalue weighted by molar-refractivity contribution is 7.25. The Morgan fingerprint density at radius 2 is 1.07 bits per heavy atom. The maximum atomic E-state index is 9.96. The Labute approximate surface area is 270 Å². The van der Waals surface area contributed by atoms with Crippen molar-refractivity contribution in [1.82, 2.24) is 0 Å². The molecule has 0 aliphatic heterocycles. The summed E-state index contributed by atoms with van der Waals surface area (Å²) < 4.78 is 8.73. The number of benzene rings is 7. The molecule has 2 nitrogen and oxygen atoms in total. The van der Waals surface area contributed by atoms with Crippen LogP contribution in [0.2, 0.25) is 0 Å². The Morgan fingerprint density at radius 1 is 0.413 bits per heavy atom. The van der Waals surface area contributed by atoms with E-state index < -0.39 is 0 Å². The molecule has 0 aliphatic carbocycles. The summed E-state index contributed by atoms with van der Waals surface area (Å²) >= 11 is 1.83. The number of hydrogen-bond donors (Lipinski definition) is 0. The van der Waals surface area contributed by atoms with Gasteiger partial charge >= 0.3 is 0 Å². The van der Waals surface area contributed by atoms with Crippen molar-refractivity contribution in [3.8, 4) is 50.6 Å². The van der Waals surface area contributed by atoms with E-state index in [0.717, 1.165) is 66.4 Å². The van der Waals surface area contributed by atoms with E-state index in [2.05, 4.69) is 115 Å². The van der Waals surface area contributed by atoms with Crippen molar-refractivity contribution in [2.24, 2.45) is 0 Å². The number of rotatable bonds is 4. The van der Waals surface area contributed by atoms with Crippen molar-refractivity contribution < 1.29 is 4.42 Å². The molecular formula is C43H25NOS. The Hall–Kier alpha value is -5.95. The van der Waals surface area contributed by atoms with Crippen LogP contribution < -0.4 is 0 Å². The third-order valence-corrected chi connectivity index (χ3v) is 10.0. The van der Waals surface area contributed by atoms with Crippen LogP contribution in [0.25, 0.3) is 86.6 Å². The molecule has 9 rings (SSSR count). The molecule has 0 radical (unpaired) electrons. The van der Waals surface area contributed by atoms with Crippen molar-refractivity contribution in [2.75, 3.05) is 0 Å². The normalized spacial score (nSPS) is 11.5. The standard InChI is InChI=1S/C43H25NOS/c44-26-27-20-32(28-8-2-1-3-9-28)22-33(21-27)29-14-17-34(30-15-18-41-38(24-30)35-10-4-6-12-40(35)45-41)37(23-29)31-16-19-43-39(25-31)36-11-5-7-13-42(36)46-43/h1-25H. The summed E-state index contributed by atoms with van der Waals surface area (Å²) in [5.74, 6) is 0. The van der Waals surface area contributed by atoms with Gasteiger partial charge in [-0.1, -0.05) is 91.0 Å². The van der Waals surface area contributed by atoms with Crippen LogP contribution in [0.1, 0.15) is 5.56 Å². The van der Waals surface area contributed by atoms with E-state index in [0.29, 0.717) is 5.56 Å². The van der Waals surface area contributed by atoms with Crippen LogP contribution in [0.3, 0.4) is 0 Å². The van der Waals surface area contributed by atoms with E-state index in [-0.39, 0.29) is 0 Å². The molecule has 2 heterocycles. The fourth-order valence-electron chi connectivity index (χ4n) is 6.66. The number of fused-ring (bicyclic) bond motifs is 6. The highest BCUT2D eigenvalue weighted by Crippen LogP contribution is 2.42. The van der Waals surface area contributed by atoms with Gasteiger partial charge < -0.3 is 4.42 Å². The number of para-hydroxylation sites is 1. The molecule has 0 atom stereocenters. The van der Waals surface area contributed by atoms with Gasteiger partial charge in [0, 0.05) is 30.9 Å². The van der Waals surface area contributed by atoms with Gasteiger partial charge in [-0.2, -0.15) is 5.26 Å². The number of hydrogen-bond acceptors (Lipinski definition) is 3. The van der Waals surface area contributed by atoms with Gasteiger partial charge in [-0.15, -0.1) is 11.3 Å². The lowest BCUT2D eigenvalue weighted by Crippen LogP contribution is -1.90. The van der Waals surface area contributed by atoms with E-state index in [1.165, 1.54) is 20.2 Å². The van der Waals surface area contributed by atoms with Gasteiger partial charge in [0.1, 0.15) is 11.2 Å². The van der Waals surface area contributed by atoms with Crippen LogP contribution in [0, 0.1) is 11.3 Å². The molecule has 0 saturated carbocycles. The Bertz CT molecular complexity index is 2650. The third kappa shape index (κ3) is 4.39. The highest BCUT2D eigenvalue weighted by atomic mass is 32.1. The number of nitrogens with zero attached hydrogens (tertiary/aromatic N) is 1. The molecule has 9 aromatic rings. The first kappa shape index (κ1) is 26.5. The van der Waals surface area contributed by atoms with Gasteiger partial charge in [0.25, 0.3) is 0 Å². The number of thiophene rings is 1. The molecule has 7 aromatic carbocycles. The maximum Gasteiger partial charge on any atom is 0.135 e. The molecule has 0 spiro atoms. The van der Waals surface area contributed by atoms with Gasteiger partial charge in [-0.25, -0.2) is 0 Å². The van der Waals surface area contributed by atoms with Crippen LogP contribution in [-0.2, 0) is 0 Å². The first-order valence-corrected chi connectivity index (χ1v) is 16.1. The summed E-state index contributed by atoms with van der Waals surface area (Å²) in [5.41, 5.74) is 11.2. The molecule has 0 aliphatic rings. The summed E-state index contributed by atoms with van der Waals surface area (Å²) in [6, 6.07) is 55.7. The molecule has 0 fully saturated rings. The first-order valence-electron chi connectivity index (χ1n) is 15.3. The first-order chi connectivity index (χ1) is 22.7. The zero-order valence-electron chi connectivity index (χ0n) is 24.7. The van der Waals surface area contributed by atoms with Crippen molar-refractivity contribution in [3.05, 3.63) is 157 Å². The van der Waals surface area contributed by atoms with Gasteiger partial charge in [-0.3, -0.25) is 0 Å². The van der Waals surface area contributed by atoms with Crippen LogP contribution in [0.5, 0.6) is 0 Å². The molecule has 3 heteroatoms. The zero-order valence-corrected chi connectivity index (χ0v) is 25.5. The topological polar surface area (TPSA) is 36.9 Å². The predicted octanol–water partition coefficient (Wildman–Crippen LogP) is 12.5. The maximum absolute atomic E-state index is 9.96. The fourth-order valence-corrected chi connectivity index (χ4v) is 7.74. The molecule has 0 bridgehead atoms. The van der Waals surface area contributed by atoms with Gasteiger partial charge in [0.05, 0.1) is 11.6 Å². The van der Waals surface area contributed by atoms with Crippen LogP contribution >= 0.6 is 11.3 Å². The summed E-state index contributed by atoms with van der Waals surface area (Å²) in [6.07, 6.45) is 0. The zero-order chi connectivity index (χ0) is 30.6. The number of nitriles is 1. The van der Waals surface area contributed by atoms with Gasteiger partial charge in [0.15, 0.2) is 0 Å². The van der Waals surface area contributed by atoms with Crippen molar-refractivity contribution in [3.63, 3.8) is 0 Å². The molecular weight excluding hydrogens is 579 g/mol. The minimum absolute atomic E-state index is 0.644. The Morgan fingerprint density at radius 3 is 1.93 bits per heavy atom. The van der Waals surface area contributed by atoms with E-state index in [1.807, 2.05) is 53.8 Å². The lowest BCUT2D eigenvalue weighted by Gasteiger charge is -2.15. The van der Waals surface area contributed by atoms with E-state index in [9.17, 15) is 5.26 Å². The van der Waals surface area contributed by atoms with Crippen molar-refractivity contribution in [2.45, 2.75) is 0 Å². The molecule has 0 N–H and O–H groups in total. The largest absolute Gasteiger partial charge is 0.456 e. The van der Waals surface area contributed by atoms with E-state index in [4.69, 9.17) is 4.42 Å². The van der Waals surface area contributed by atoms with Crippen LogP contribution in [0.15, 0.2) is 156 Å². The minimum atomic E-state index is 0.644. The Kier molecular flexibility index (Phi) is 6.09. The molecule has 2 aromatic heterocycles. The third-order valence-electron chi connectivity index (χ3n) is 8.90. The van der Waals surface area contributed by atoms with Crippen molar-refractivity contribution >= 4 is 53.4 Å². The van der Waals surface area contributed by atoms with E-state index >= 15 is 0 Å². The second-order valence-electron chi connectivity index (χ2n) is 11.7. The molecule has 214 valence electrons.